The predicted octanol–water partition coefficient (Wildman–Crippen LogP) is 6.63. The van der Waals surface area contributed by atoms with Crippen molar-refractivity contribution in [2.45, 2.75) is 58.7 Å². The smallest absolute Gasteiger partial charge is 0.243 e. The lowest BCUT2D eigenvalue weighted by atomic mass is 10.0. The molecule has 0 heterocycles. The van der Waals surface area contributed by atoms with E-state index in [1.165, 1.54) is 0 Å². The quantitative estimate of drug-likeness (QED) is 0.262. The van der Waals surface area contributed by atoms with Gasteiger partial charge in [-0.15, -0.1) is 0 Å². The number of rotatable bonds is 12. The second-order valence-electron chi connectivity index (χ2n) is 9.40. The van der Waals surface area contributed by atoms with E-state index in [1.54, 1.807) is 17.0 Å². The maximum Gasteiger partial charge on any atom is 0.243 e. The molecule has 2 amide bonds. The van der Waals surface area contributed by atoms with Gasteiger partial charge < -0.3 is 15.0 Å². The molecule has 0 aromatic heterocycles. The molecule has 1 N–H and O–H groups in total. The lowest BCUT2D eigenvalue weighted by Crippen LogP contribution is -2.51. The predicted molar refractivity (Wildman–Crippen MR) is 150 cm³/mol. The van der Waals surface area contributed by atoms with Gasteiger partial charge in [-0.25, -0.2) is 0 Å². The first-order valence-electron chi connectivity index (χ1n) is 12.5. The SMILES string of the molecule is Cc1ccc(OCCCC(=O)N(Cc2ccc(Cl)c(Cl)c2)C(Cc2ccccc2)C(=O)NC(C)C)cc1. The molecule has 0 aliphatic carbocycles. The van der Waals surface area contributed by atoms with Gasteiger partial charge in [0.1, 0.15) is 11.8 Å². The summed E-state index contributed by atoms with van der Waals surface area (Å²) in [6.07, 6.45) is 1.16. The third-order valence-electron chi connectivity index (χ3n) is 5.86. The van der Waals surface area contributed by atoms with E-state index in [-0.39, 0.29) is 30.8 Å². The van der Waals surface area contributed by atoms with E-state index in [4.69, 9.17) is 27.9 Å². The van der Waals surface area contributed by atoms with E-state index >= 15 is 0 Å². The second-order valence-corrected chi connectivity index (χ2v) is 10.2. The standard InChI is InChI=1S/C30H34Cl2N2O3/c1-21(2)33-30(36)28(19-23-8-5-4-6-9-23)34(20-24-13-16-26(31)27(32)18-24)29(35)10-7-17-37-25-14-11-22(3)12-15-25/h4-6,8-9,11-16,18,21,28H,7,10,17,19-20H2,1-3H3,(H,33,36). The highest BCUT2D eigenvalue weighted by Crippen LogP contribution is 2.25. The van der Waals surface area contributed by atoms with E-state index in [2.05, 4.69) is 5.32 Å². The van der Waals surface area contributed by atoms with Crippen LogP contribution in [0.1, 0.15) is 43.4 Å². The van der Waals surface area contributed by atoms with Crippen LogP contribution in [-0.2, 0) is 22.6 Å². The van der Waals surface area contributed by atoms with Crippen molar-refractivity contribution in [2.24, 2.45) is 0 Å². The molecule has 196 valence electrons. The lowest BCUT2D eigenvalue weighted by Gasteiger charge is -2.32. The molecule has 3 aromatic rings. The van der Waals surface area contributed by atoms with Crippen LogP contribution in [0.4, 0.5) is 0 Å². The summed E-state index contributed by atoms with van der Waals surface area (Å²) in [5.41, 5.74) is 2.93. The Hall–Kier alpha value is -3.02. The molecule has 1 atom stereocenters. The van der Waals surface area contributed by atoms with Crippen molar-refractivity contribution in [2.75, 3.05) is 6.61 Å². The van der Waals surface area contributed by atoms with Gasteiger partial charge in [0.15, 0.2) is 0 Å². The molecular weight excluding hydrogens is 507 g/mol. The number of halogens is 2. The highest BCUT2D eigenvalue weighted by molar-refractivity contribution is 6.42. The van der Waals surface area contributed by atoms with E-state index in [0.717, 1.165) is 22.4 Å². The number of amides is 2. The van der Waals surface area contributed by atoms with Crippen molar-refractivity contribution in [3.05, 3.63) is 99.5 Å². The van der Waals surface area contributed by atoms with Gasteiger partial charge >= 0.3 is 0 Å². The van der Waals surface area contributed by atoms with Gasteiger partial charge in [-0.2, -0.15) is 0 Å². The van der Waals surface area contributed by atoms with Gasteiger partial charge in [0.05, 0.1) is 16.7 Å². The number of nitrogens with one attached hydrogen (secondary N) is 1. The molecule has 7 heteroatoms. The van der Waals surface area contributed by atoms with Crippen LogP contribution in [0.3, 0.4) is 0 Å². The molecule has 3 aromatic carbocycles. The zero-order chi connectivity index (χ0) is 26.8. The topological polar surface area (TPSA) is 58.6 Å². The monoisotopic (exact) mass is 540 g/mol. The van der Waals surface area contributed by atoms with Crippen molar-refractivity contribution in [3.63, 3.8) is 0 Å². The summed E-state index contributed by atoms with van der Waals surface area (Å²) in [7, 11) is 0. The van der Waals surface area contributed by atoms with Crippen LogP contribution in [0, 0.1) is 6.92 Å². The normalized spacial score (nSPS) is 11.7. The molecule has 0 fully saturated rings. The number of ether oxygens (including phenoxy) is 1. The molecule has 3 rings (SSSR count). The van der Waals surface area contributed by atoms with Crippen LogP contribution in [0.5, 0.6) is 5.75 Å². The first-order valence-corrected chi connectivity index (χ1v) is 13.3. The molecule has 0 radical (unpaired) electrons. The highest BCUT2D eigenvalue weighted by Gasteiger charge is 2.30. The van der Waals surface area contributed by atoms with Crippen molar-refractivity contribution in [1.29, 1.82) is 0 Å². The molecule has 5 nitrogen and oxygen atoms in total. The minimum atomic E-state index is -0.690. The number of hydrogen-bond donors (Lipinski definition) is 1. The molecule has 37 heavy (non-hydrogen) atoms. The number of carbonyl (C=O) groups is 2. The Morgan fingerprint density at radius 2 is 1.62 bits per heavy atom. The van der Waals surface area contributed by atoms with Gasteiger partial charge in [-0.3, -0.25) is 9.59 Å². The summed E-state index contributed by atoms with van der Waals surface area (Å²) < 4.78 is 5.81. The summed E-state index contributed by atoms with van der Waals surface area (Å²) >= 11 is 12.4. The van der Waals surface area contributed by atoms with Gasteiger partial charge in [-0.1, -0.05) is 77.3 Å². The second kappa shape index (κ2) is 14.1. The molecule has 0 aliphatic heterocycles. The first kappa shape index (κ1) is 28.5. The van der Waals surface area contributed by atoms with Gasteiger partial charge in [0.2, 0.25) is 11.8 Å². The molecule has 1 unspecified atom stereocenters. The maximum atomic E-state index is 13.6. The molecule has 0 aliphatic rings. The Morgan fingerprint density at radius 1 is 0.919 bits per heavy atom. The van der Waals surface area contributed by atoms with E-state index in [1.807, 2.05) is 81.4 Å². The van der Waals surface area contributed by atoms with Crippen molar-refractivity contribution < 1.29 is 14.3 Å². The van der Waals surface area contributed by atoms with Crippen molar-refractivity contribution in [1.82, 2.24) is 10.2 Å². The van der Waals surface area contributed by atoms with Crippen LogP contribution in [0.15, 0.2) is 72.8 Å². The van der Waals surface area contributed by atoms with E-state index in [9.17, 15) is 9.59 Å². The number of hydrogen-bond acceptors (Lipinski definition) is 3. The summed E-state index contributed by atoms with van der Waals surface area (Å²) in [4.78, 5) is 28.6. The van der Waals surface area contributed by atoms with Gasteiger partial charge in [0, 0.05) is 25.4 Å². The number of benzene rings is 3. The Labute approximate surface area is 229 Å². The Balaban J connectivity index is 1.80. The average Bonchev–Trinajstić information content (AvgIpc) is 2.87. The average molecular weight is 542 g/mol. The van der Waals surface area contributed by atoms with Crippen molar-refractivity contribution in [3.8, 4) is 5.75 Å². The summed E-state index contributed by atoms with van der Waals surface area (Å²) in [6, 6.07) is 22.1. The fraction of sp³-hybridized carbons (Fsp3) is 0.333. The van der Waals surface area contributed by atoms with Crippen LogP contribution >= 0.6 is 23.2 Å². The number of carbonyl (C=O) groups excluding carboxylic acids is 2. The van der Waals surface area contributed by atoms with Gasteiger partial charge in [0.25, 0.3) is 0 Å². The Morgan fingerprint density at radius 3 is 2.27 bits per heavy atom. The fourth-order valence-electron chi connectivity index (χ4n) is 3.96. The molecular formula is C30H34Cl2N2O3. The summed E-state index contributed by atoms with van der Waals surface area (Å²) in [6.45, 7) is 6.47. The molecule has 0 bridgehead atoms. The minimum Gasteiger partial charge on any atom is -0.494 e. The molecule has 0 spiro atoms. The third kappa shape index (κ3) is 9.10. The van der Waals surface area contributed by atoms with Crippen molar-refractivity contribution >= 4 is 35.0 Å². The number of aryl methyl sites for hydroxylation is 1. The minimum absolute atomic E-state index is 0.0596. The first-order chi connectivity index (χ1) is 17.7. The molecule has 0 saturated carbocycles. The number of nitrogens with zero attached hydrogens (tertiary/aromatic N) is 1. The highest BCUT2D eigenvalue weighted by atomic mass is 35.5. The summed E-state index contributed by atoms with van der Waals surface area (Å²) in [5.74, 6) is 0.450. The van der Waals surface area contributed by atoms with E-state index in [0.29, 0.717) is 29.5 Å². The van der Waals surface area contributed by atoms with Crippen LogP contribution in [0.2, 0.25) is 10.0 Å². The summed E-state index contributed by atoms with van der Waals surface area (Å²) in [5, 5.41) is 3.84. The van der Waals surface area contributed by atoms with Crippen LogP contribution in [0.25, 0.3) is 0 Å². The zero-order valence-corrected chi connectivity index (χ0v) is 23.1. The zero-order valence-electron chi connectivity index (χ0n) is 21.5. The van der Waals surface area contributed by atoms with E-state index < -0.39 is 6.04 Å². The fourth-order valence-corrected chi connectivity index (χ4v) is 4.28. The van der Waals surface area contributed by atoms with Crippen LogP contribution < -0.4 is 10.1 Å². The molecule has 0 saturated heterocycles. The third-order valence-corrected chi connectivity index (χ3v) is 6.60. The van der Waals surface area contributed by atoms with Gasteiger partial charge in [-0.05, 0) is 62.6 Å². The lowest BCUT2D eigenvalue weighted by molar-refractivity contribution is -0.141. The Kier molecular flexibility index (Phi) is 10.8. The largest absolute Gasteiger partial charge is 0.494 e. The van der Waals surface area contributed by atoms with Crippen LogP contribution in [-0.4, -0.2) is 35.4 Å². The Bertz CT molecular complexity index is 1170. The maximum absolute atomic E-state index is 13.6.